The first kappa shape index (κ1) is 13.9. The number of para-hydroxylation sites is 2. The highest BCUT2D eigenvalue weighted by molar-refractivity contribution is 5.91. The highest BCUT2D eigenvalue weighted by Crippen LogP contribution is 2.20. The lowest BCUT2D eigenvalue weighted by molar-refractivity contribution is 0.0922. The van der Waals surface area contributed by atoms with Crippen molar-refractivity contribution in [2.75, 3.05) is 7.11 Å². The molecule has 0 atom stereocenters. The maximum absolute atomic E-state index is 11.8. The van der Waals surface area contributed by atoms with E-state index in [-0.39, 0.29) is 18.2 Å². The van der Waals surface area contributed by atoms with Gasteiger partial charge in [-0.25, -0.2) is 4.68 Å². The smallest absolute Gasteiger partial charge is 0.287 e. The van der Waals surface area contributed by atoms with Gasteiger partial charge in [0.1, 0.15) is 17.1 Å². The molecule has 0 radical (unpaired) electrons. The van der Waals surface area contributed by atoms with E-state index in [2.05, 4.69) is 15.6 Å². The molecule has 22 heavy (non-hydrogen) atoms. The van der Waals surface area contributed by atoms with Gasteiger partial charge in [0.25, 0.3) is 5.91 Å². The van der Waals surface area contributed by atoms with Gasteiger partial charge in [-0.3, -0.25) is 4.79 Å². The largest absolute Gasteiger partial charge is 0.494 e. The lowest BCUT2D eigenvalue weighted by Gasteiger charge is -2.06. The molecule has 0 aliphatic heterocycles. The van der Waals surface area contributed by atoms with Crippen LogP contribution < -0.4 is 10.1 Å². The lowest BCUT2D eigenvalue weighted by atomic mass is 10.3. The van der Waals surface area contributed by atoms with Crippen LogP contribution in [0.4, 0.5) is 0 Å². The van der Waals surface area contributed by atoms with E-state index in [9.17, 15) is 4.79 Å². The van der Waals surface area contributed by atoms with Crippen molar-refractivity contribution in [1.29, 1.82) is 0 Å². The van der Waals surface area contributed by atoms with E-state index in [4.69, 9.17) is 9.15 Å². The molecule has 0 unspecified atom stereocenters. The number of hydrogen-bond donors (Lipinski definition) is 1. The van der Waals surface area contributed by atoms with Crippen molar-refractivity contribution in [3.05, 3.63) is 60.3 Å². The van der Waals surface area contributed by atoms with Gasteiger partial charge in [-0.1, -0.05) is 17.3 Å². The zero-order valence-corrected chi connectivity index (χ0v) is 11.9. The van der Waals surface area contributed by atoms with Crippen LogP contribution in [0.15, 0.2) is 53.3 Å². The normalized spacial score (nSPS) is 10.4. The Balaban J connectivity index is 1.70. The van der Waals surface area contributed by atoms with Crippen molar-refractivity contribution in [3.8, 4) is 11.4 Å². The van der Waals surface area contributed by atoms with Crippen LogP contribution >= 0.6 is 0 Å². The summed E-state index contributed by atoms with van der Waals surface area (Å²) in [6.45, 7) is 0.259. The third-order valence-corrected chi connectivity index (χ3v) is 3.05. The summed E-state index contributed by atoms with van der Waals surface area (Å²) in [6, 6.07) is 10.7. The van der Waals surface area contributed by atoms with Crippen LogP contribution in [0.2, 0.25) is 0 Å². The van der Waals surface area contributed by atoms with E-state index in [0.29, 0.717) is 11.4 Å². The predicted octanol–water partition coefficient (Wildman–Crippen LogP) is 1.80. The van der Waals surface area contributed by atoms with Gasteiger partial charge in [-0.15, -0.1) is 5.10 Å². The number of ether oxygens (including phenoxy) is 1. The van der Waals surface area contributed by atoms with E-state index in [1.165, 1.54) is 6.26 Å². The van der Waals surface area contributed by atoms with E-state index in [1.807, 2.05) is 24.3 Å². The summed E-state index contributed by atoms with van der Waals surface area (Å²) in [4.78, 5) is 11.8. The second-order valence-corrected chi connectivity index (χ2v) is 4.49. The second-order valence-electron chi connectivity index (χ2n) is 4.49. The number of furan rings is 1. The van der Waals surface area contributed by atoms with E-state index in [0.717, 1.165) is 5.69 Å². The minimum Gasteiger partial charge on any atom is -0.494 e. The van der Waals surface area contributed by atoms with E-state index < -0.39 is 0 Å². The first-order chi connectivity index (χ1) is 10.8. The molecule has 2 aromatic heterocycles. The van der Waals surface area contributed by atoms with Gasteiger partial charge in [0, 0.05) is 0 Å². The number of carbonyl (C=O) groups excluding carboxylic acids is 1. The van der Waals surface area contributed by atoms with Crippen LogP contribution in [0.25, 0.3) is 5.69 Å². The number of nitrogens with zero attached hydrogens (tertiary/aromatic N) is 3. The molecule has 1 amide bonds. The molecule has 0 spiro atoms. The Kier molecular flexibility index (Phi) is 3.86. The van der Waals surface area contributed by atoms with Crippen LogP contribution in [0, 0.1) is 0 Å². The number of rotatable bonds is 5. The van der Waals surface area contributed by atoms with Crippen molar-refractivity contribution in [3.63, 3.8) is 0 Å². The van der Waals surface area contributed by atoms with Crippen LogP contribution in [0.1, 0.15) is 16.2 Å². The molecule has 1 aromatic carbocycles. The number of amides is 1. The van der Waals surface area contributed by atoms with Crippen LogP contribution in [0.3, 0.4) is 0 Å². The van der Waals surface area contributed by atoms with Crippen LogP contribution in [0.5, 0.6) is 5.75 Å². The van der Waals surface area contributed by atoms with Crippen molar-refractivity contribution in [2.24, 2.45) is 0 Å². The molecule has 0 aliphatic carbocycles. The molecule has 0 saturated carbocycles. The van der Waals surface area contributed by atoms with Gasteiger partial charge in [0.05, 0.1) is 26.1 Å². The average Bonchev–Trinajstić information content (AvgIpc) is 3.24. The fourth-order valence-electron chi connectivity index (χ4n) is 1.98. The molecule has 3 aromatic rings. The maximum atomic E-state index is 11.8. The summed E-state index contributed by atoms with van der Waals surface area (Å²) < 4.78 is 11.9. The molecule has 0 bridgehead atoms. The molecular weight excluding hydrogens is 284 g/mol. The lowest BCUT2D eigenvalue weighted by Crippen LogP contribution is -2.22. The summed E-state index contributed by atoms with van der Waals surface area (Å²) in [5, 5.41) is 10.8. The van der Waals surface area contributed by atoms with Gasteiger partial charge in [0.15, 0.2) is 5.76 Å². The van der Waals surface area contributed by atoms with Crippen LogP contribution in [-0.4, -0.2) is 28.0 Å². The molecule has 3 rings (SSSR count). The zero-order valence-electron chi connectivity index (χ0n) is 11.9. The van der Waals surface area contributed by atoms with Crippen molar-refractivity contribution in [2.45, 2.75) is 6.54 Å². The topological polar surface area (TPSA) is 82.2 Å². The Morgan fingerprint density at radius 1 is 1.32 bits per heavy atom. The van der Waals surface area contributed by atoms with E-state index in [1.54, 1.807) is 30.1 Å². The minimum atomic E-state index is -0.295. The number of benzene rings is 1. The molecular formula is C15H14N4O3. The summed E-state index contributed by atoms with van der Waals surface area (Å²) >= 11 is 0. The molecule has 0 aliphatic rings. The van der Waals surface area contributed by atoms with Crippen molar-refractivity contribution < 1.29 is 13.9 Å². The summed E-state index contributed by atoms with van der Waals surface area (Å²) in [6.07, 6.45) is 3.19. The Bertz CT molecular complexity index is 765. The summed E-state index contributed by atoms with van der Waals surface area (Å²) in [5.74, 6) is 0.660. The number of hydrogen-bond acceptors (Lipinski definition) is 5. The van der Waals surface area contributed by atoms with Gasteiger partial charge >= 0.3 is 0 Å². The number of carbonyl (C=O) groups is 1. The molecule has 2 heterocycles. The molecule has 112 valence electrons. The van der Waals surface area contributed by atoms with Crippen molar-refractivity contribution in [1.82, 2.24) is 20.3 Å². The average molecular weight is 298 g/mol. The Labute approximate surface area is 126 Å². The molecule has 1 N–H and O–H groups in total. The summed E-state index contributed by atoms with van der Waals surface area (Å²) in [7, 11) is 1.60. The highest BCUT2D eigenvalue weighted by atomic mass is 16.5. The Morgan fingerprint density at radius 3 is 2.95 bits per heavy atom. The van der Waals surface area contributed by atoms with Gasteiger partial charge in [0.2, 0.25) is 0 Å². The first-order valence-corrected chi connectivity index (χ1v) is 6.64. The SMILES string of the molecule is COc1ccccc1-n1cc(CNC(=O)c2ccco2)nn1. The third kappa shape index (κ3) is 2.83. The minimum absolute atomic E-state index is 0.259. The Morgan fingerprint density at radius 2 is 2.18 bits per heavy atom. The Hall–Kier alpha value is -3.09. The standard InChI is InChI=1S/C15H14N4O3/c1-21-13-6-3-2-5-12(13)19-10-11(17-18-19)9-16-15(20)14-7-4-8-22-14/h2-8,10H,9H2,1H3,(H,16,20). The monoisotopic (exact) mass is 298 g/mol. The highest BCUT2D eigenvalue weighted by Gasteiger charge is 2.11. The fourth-order valence-corrected chi connectivity index (χ4v) is 1.98. The second kappa shape index (κ2) is 6.13. The molecule has 7 heteroatoms. The first-order valence-electron chi connectivity index (χ1n) is 6.64. The number of nitrogens with one attached hydrogen (secondary N) is 1. The fraction of sp³-hybridized carbons (Fsp3) is 0.133. The number of methoxy groups -OCH3 is 1. The van der Waals surface area contributed by atoms with Gasteiger partial charge < -0.3 is 14.5 Å². The van der Waals surface area contributed by atoms with Gasteiger partial charge in [-0.2, -0.15) is 0 Å². The van der Waals surface area contributed by atoms with Gasteiger partial charge in [-0.05, 0) is 24.3 Å². The van der Waals surface area contributed by atoms with Crippen molar-refractivity contribution >= 4 is 5.91 Å². The van der Waals surface area contributed by atoms with Crippen LogP contribution in [-0.2, 0) is 6.54 Å². The molecule has 0 saturated heterocycles. The van der Waals surface area contributed by atoms with E-state index >= 15 is 0 Å². The molecule has 7 nitrogen and oxygen atoms in total. The maximum Gasteiger partial charge on any atom is 0.287 e. The quantitative estimate of drug-likeness (QED) is 0.776. The predicted molar refractivity (Wildman–Crippen MR) is 77.8 cm³/mol. The molecule has 0 fully saturated rings. The summed E-state index contributed by atoms with van der Waals surface area (Å²) in [5.41, 5.74) is 1.41. The zero-order chi connectivity index (χ0) is 15.4. The number of aromatic nitrogens is 3. The third-order valence-electron chi connectivity index (χ3n) is 3.05.